The lowest BCUT2D eigenvalue weighted by molar-refractivity contribution is 0.194. The third-order valence-corrected chi connectivity index (χ3v) is 2.83. The molecule has 5 nitrogen and oxygen atoms in total. The SMILES string of the molecule is COCCCc1nnc2n1CCCC2N. The molecule has 0 fully saturated rings. The van der Waals surface area contributed by atoms with Gasteiger partial charge in [0.15, 0.2) is 0 Å². The number of aryl methyl sites for hydroxylation is 1. The van der Waals surface area contributed by atoms with Gasteiger partial charge in [0.25, 0.3) is 0 Å². The quantitative estimate of drug-likeness (QED) is 0.741. The van der Waals surface area contributed by atoms with Crippen LogP contribution in [0.3, 0.4) is 0 Å². The summed E-state index contributed by atoms with van der Waals surface area (Å²) in [6.07, 6.45) is 4.07. The lowest BCUT2D eigenvalue weighted by Gasteiger charge is -2.20. The van der Waals surface area contributed by atoms with Gasteiger partial charge in [-0.15, -0.1) is 10.2 Å². The number of hydrogen-bond acceptors (Lipinski definition) is 4. The van der Waals surface area contributed by atoms with E-state index in [1.807, 2.05) is 0 Å². The fraction of sp³-hybridized carbons (Fsp3) is 0.800. The van der Waals surface area contributed by atoms with Crippen molar-refractivity contribution in [3.63, 3.8) is 0 Å². The molecule has 1 aliphatic heterocycles. The van der Waals surface area contributed by atoms with Crippen molar-refractivity contribution in [2.24, 2.45) is 5.73 Å². The highest BCUT2D eigenvalue weighted by atomic mass is 16.5. The number of methoxy groups -OCH3 is 1. The summed E-state index contributed by atoms with van der Waals surface area (Å²) in [7, 11) is 1.72. The first-order valence-corrected chi connectivity index (χ1v) is 5.49. The molecule has 1 aromatic heterocycles. The summed E-state index contributed by atoms with van der Waals surface area (Å²) in [5.41, 5.74) is 5.97. The van der Waals surface area contributed by atoms with E-state index in [9.17, 15) is 0 Å². The molecule has 2 N–H and O–H groups in total. The molecule has 84 valence electrons. The predicted octanol–water partition coefficient (Wildman–Crippen LogP) is 0.651. The second-order valence-corrected chi connectivity index (χ2v) is 3.97. The van der Waals surface area contributed by atoms with E-state index in [2.05, 4.69) is 14.8 Å². The fourth-order valence-electron chi connectivity index (χ4n) is 2.03. The van der Waals surface area contributed by atoms with E-state index in [1.165, 1.54) is 0 Å². The molecule has 0 aliphatic carbocycles. The Morgan fingerprint density at radius 2 is 2.40 bits per heavy atom. The Bertz CT molecular complexity index is 323. The zero-order valence-corrected chi connectivity index (χ0v) is 9.15. The van der Waals surface area contributed by atoms with E-state index in [0.29, 0.717) is 0 Å². The number of rotatable bonds is 4. The molecule has 15 heavy (non-hydrogen) atoms. The van der Waals surface area contributed by atoms with Crippen LogP contribution in [0.15, 0.2) is 0 Å². The topological polar surface area (TPSA) is 66.0 Å². The Labute approximate surface area is 89.6 Å². The highest BCUT2D eigenvalue weighted by Gasteiger charge is 2.21. The maximum absolute atomic E-state index is 5.97. The molecule has 0 saturated carbocycles. The normalized spacial score (nSPS) is 20.3. The molecule has 0 saturated heterocycles. The van der Waals surface area contributed by atoms with Crippen LogP contribution in [0.4, 0.5) is 0 Å². The van der Waals surface area contributed by atoms with Gasteiger partial charge < -0.3 is 15.0 Å². The van der Waals surface area contributed by atoms with Crippen molar-refractivity contribution < 1.29 is 4.74 Å². The summed E-state index contributed by atoms with van der Waals surface area (Å²) in [6, 6.07) is 0.0717. The number of ether oxygens (including phenoxy) is 1. The molecule has 0 bridgehead atoms. The minimum atomic E-state index is 0.0717. The second kappa shape index (κ2) is 4.72. The molecular weight excluding hydrogens is 192 g/mol. The van der Waals surface area contributed by atoms with Crippen LogP contribution in [0.25, 0.3) is 0 Å². The largest absolute Gasteiger partial charge is 0.385 e. The molecule has 1 atom stereocenters. The van der Waals surface area contributed by atoms with Crippen LogP contribution in [0.1, 0.15) is 37.0 Å². The average molecular weight is 210 g/mol. The van der Waals surface area contributed by atoms with Crippen LogP contribution in [0, 0.1) is 0 Å². The first kappa shape index (κ1) is 10.6. The van der Waals surface area contributed by atoms with Crippen molar-refractivity contribution in [2.45, 2.75) is 38.3 Å². The molecule has 5 heteroatoms. The van der Waals surface area contributed by atoms with E-state index in [1.54, 1.807) is 7.11 Å². The number of aromatic nitrogens is 3. The molecular formula is C10H18N4O. The van der Waals surface area contributed by atoms with Crippen molar-refractivity contribution in [1.82, 2.24) is 14.8 Å². The van der Waals surface area contributed by atoms with Gasteiger partial charge in [-0.05, 0) is 19.3 Å². The monoisotopic (exact) mass is 210 g/mol. The van der Waals surface area contributed by atoms with Gasteiger partial charge in [-0.1, -0.05) is 0 Å². The van der Waals surface area contributed by atoms with Crippen LogP contribution < -0.4 is 5.73 Å². The summed E-state index contributed by atoms with van der Waals surface area (Å²) in [6.45, 7) is 1.78. The molecule has 1 unspecified atom stereocenters. The molecule has 2 heterocycles. The van der Waals surface area contributed by atoms with Gasteiger partial charge >= 0.3 is 0 Å². The van der Waals surface area contributed by atoms with Crippen LogP contribution >= 0.6 is 0 Å². The van der Waals surface area contributed by atoms with E-state index in [0.717, 1.165) is 50.5 Å². The van der Waals surface area contributed by atoms with Gasteiger partial charge in [-0.3, -0.25) is 0 Å². The molecule has 0 spiro atoms. The Hall–Kier alpha value is -0.940. The van der Waals surface area contributed by atoms with E-state index in [4.69, 9.17) is 10.5 Å². The van der Waals surface area contributed by atoms with E-state index in [-0.39, 0.29) is 6.04 Å². The van der Waals surface area contributed by atoms with Gasteiger partial charge in [0, 0.05) is 26.7 Å². The summed E-state index contributed by atoms with van der Waals surface area (Å²) in [5, 5.41) is 8.36. The summed E-state index contributed by atoms with van der Waals surface area (Å²) >= 11 is 0. The number of hydrogen-bond donors (Lipinski definition) is 1. The van der Waals surface area contributed by atoms with Crippen molar-refractivity contribution in [3.05, 3.63) is 11.6 Å². The molecule has 0 radical (unpaired) electrons. The Balaban J connectivity index is 2.06. The number of fused-ring (bicyclic) bond motifs is 1. The highest BCUT2D eigenvalue weighted by molar-refractivity contribution is 5.03. The van der Waals surface area contributed by atoms with E-state index >= 15 is 0 Å². The van der Waals surface area contributed by atoms with Gasteiger partial charge in [-0.2, -0.15) is 0 Å². The molecule has 0 amide bonds. The van der Waals surface area contributed by atoms with Gasteiger partial charge in [0.05, 0.1) is 6.04 Å². The molecule has 1 aliphatic rings. The van der Waals surface area contributed by atoms with Crippen molar-refractivity contribution >= 4 is 0 Å². The Morgan fingerprint density at radius 1 is 1.53 bits per heavy atom. The summed E-state index contributed by atoms with van der Waals surface area (Å²) < 4.78 is 7.19. The van der Waals surface area contributed by atoms with Crippen LogP contribution in [-0.4, -0.2) is 28.5 Å². The zero-order valence-electron chi connectivity index (χ0n) is 9.15. The standard InChI is InChI=1S/C10H18N4O/c1-15-7-3-5-9-12-13-10-8(11)4-2-6-14(9)10/h8H,2-7,11H2,1H3. The molecule has 0 aromatic carbocycles. The van der Waals surface area contributed by atoms with Gasteiger partial charge in [0.2, 0.25) is 0 Å². The first-order valence-electron chi connectivity index (χ1n) is 5.49. The lowest BCUT2D eigenvalue weighted by atomic mass is 10.1. The highest BCUT2D eigenvalue weighted by Crippen LogP contribution is 2.22. The van der Waals surface area contributed by atoms with Crippen molar-refractivity contribution in [1.29, 1.82) is 0 Å². The summed E-state index contributed by atoms with van der Waals surface area (Å²) in [4.78, 5) is 0. The van der Waals surface area contributed by atoms with Crippen LogP contribution in [0.2, 0.25) is 0 Å². The van der Waals surface area contributed by atoms with Crippen molar-refractivity contribution in [3.8, 4) is 0 Å². The van der Waals surface area contributed by atoms with Crippen LogP contribution in [-0.2, 0) is 17.7 Å². The third-order valence-electron chi connectivity index (χ3n) is 2.83. The minimum Gasteiger partial charge on any atom is -0.385 e. The first-order chi connectivity index (χ1) is 7.33. The fourth-order valence-corrected chi connectivity index (χ4v) is 2.03. The lowest BCUT2D eigenvalue weighted by Crippen LogP contribution is -2.23. The van der Waals surface area contributed by atoms with Gasteiger partial charge in [-0.25, -0.2) is 0 Å². The maximum atomic E-state index is 5.97. The Kier molecular flexibility index (Phi) is 3.33. The number of nitrogens with zero attached hydrogens (tertiary/aromatic N) is 3. The predicted molar refractivity (Wildman–Crippen MR) is 56.4 cm³/mol. The maximum Gasteiger partial charge on any atom is 0.149 e. The average Bonchev–Trinajstić information content (AvgIpc) is 2.64. The third kappa shape index (κ3) is 2.18. The minimum absolute atomic E-state index is 0.0717. The van der Waals surface area contributed by atoms with Gasteiger partial charge in [0.1, 0.15) is 11.6 Å². The molecule has 1 aromatic rings. The van der Waals surface area contributed by atoms with Crippen LogP contribution in [0.5, 0.6) is 0 Å². The zero-order chi connectivity index (χ0) is 10.7. The van der Waals surface area contributed by atoms with Crippen molar-refractivity contribution in [2.75, 3.05) is 13.7 Å². The Morgan fingerprint density at radius 3 is 3.20 bits per heavy atom. The summed E-state index contributed by atoms with van der Waals surface area (Å²) in [5.74, 6) is 2.01. The smallest absolute Gasteiger partial charge is 0.149 e. The second-order valence-electron chi connectivity index (χ2n) is 3.97. The van der Waals surface area contributed by atoms with E-state index < -0.39 is 0 Å². The number of nitrogens with two attached hydrogens (primary N) is 1. The molecule has 2 rings (SSSR count).